The zero-order chi connectivity index (χ0) is 16.4. The second kappa shape index (κ2) is 6.09. The molecule has 0 aliphatic carbocycles. The number of rotatable bonds is 4. The third-order valence-corrected chi connectivity index (χ3v) is 4.32. The highest BCUT2D eigenvalue weighted by atomic mass is 32.1. The van der Waals surface area contributed by atoms with Gasteiger partial charge in [-0.1, -0.05) is 0 Å². The molecule has 1 aromatic carbocycles. The van der Waals surface area contributed by atoms with Crippen LogP contribution in [0.3, 0.4) is 0 Å². The summed E-state index contributed by atoms with van der Waals surface area (Å²) < 4.78 is 10.4. The van der Waals surface area contributed by atoms with Crippen LogP contribution < -0.4 is 14.9 Å². The van der Waals surface area contributed by atoms with Gasteiger partial charge in [0, 0.05) is 5.56 Å². The van der Waals surface area contributed by atoms with Crippen LogP contribution in [0.1, 0.15) is 31.8 Å². The standard InChI is InChI=1S/C15H12N2O5S/c1-8(12-4-5-13(23-12)15(19)20)16-17-14(18)9-2-3-10-11(6-9)22-7-21-10/h2-6H,7H2,1H3,(H,17,18)(H,19,20)/b16-8+. The zero-order valence-corrected chi connectivity index (χ0v) is 12.8. The van der Waals surface area contributed by atoms with Gasteiger partial charge < -0.3 is 14.6 Å². The molecule has 2 N–H and O–H groups in total. The van der Waals surface area contributed by atoms with Gasteiger partial charge in [0.05, 0.1) is 10.6 Å². The number of amides is 1. The summed E-state index contributed by atoms with van der Waals surface area (Å²) in [5.74, 6) is -0.264. The van der Waals surface area contributed by atoms with E-state index in [0.717, 1.165) is 11.3 Å². The van der Waals surface area contributed by atoms with Gasteiger partial charge in [0.1, 0.15) is 4.88 Å². The Labute approximate surface area is 135 Å². The Balaban J connectivity index is 1.70. The van der Waals surface area contributed by atoms with Gasteiger partial charge in [-0.15, -0.1) is 11.3 Å². The van der Waals surface area contributed by atoms with Crippen LogP contribution in [0.4, 0.5) is 0 Å². The number of thiophene rings is 1. The molecule has 1 aliphatic rings. The highest BCUT2D eigenvalue weighted by Gasteiger charge is 2.16. The van der Waals surface area contributed by atoms with E-state index in [9.17, 15) is 9.59 Å². The second-order valence-corrected chi connectivity index (χ2v) is 5.76. The molecule has 0 saturated heterocycles. The summed E-state index contributed by atoms with van der Waals surface area (Å²) in [6, 6.07) is 8.00. The first kappa shape index (κ1) is 15.0. The molecular weight excluding hydrogens is 320 g/mol. The van der Waals surface area contributed by atoms with E-state index >= 15 is 0 Å². The van der Waals surface area contributed by atoms with E-state index < -0.39 is 11.9 Å². The Bertz CT molecular complexity index is 812. The number of aromatic carboxylic acids is 1. The molecule has 2 aromatic rings. The molecule has 1 amide bonds. The van der Waals surface area contributed by atoms with Gasteiger partial charge in [-0.05, 0) is 37.3 Å². The van der Waals surface area contributed by atoms with Gasteiger partial charge in [0.15, 0.2) is 11.5 Å². The van der Waals surface area contributed by atoms with Gasteiger partial charge in [0.2, 0.25) is 6.79 Å². The predicted octanol–water partition coefficient (Wildman–Crippen LogP) is 2.33. The number of ether oxygens (including phenoxy) is 2. The summed E-state index contributed by atoms with van der Waals surface area (Å²) in [6.45, 7) is 1.83. The number of hydrogen-bond donors (Lipinski definition) is 2. The summed E-state index contributed by atoms with van der Waals surface area (Å²) in [5, 5.41) is 12.9. The van der Waals surface area contributed by atoms with Gasteiger partial charge in [0.25, 0.3) is 5.91 Å². The number of carbonyl (C=O) groups is 2. The Morgan fingerprint density at radius 3 is 2.65 bits per heavy atom. The lowest BCUT2D eigenvalue weighted by Gasteiger charge is -2.03. The number of nitrogens with zero attached hydrogens (tertiary/aromatic N) is 1. The van der Waals surface area contributed by atoms with Crippen LogP contribution >= 0.6 is 11.3 Å². The Hall–Kier alpha value is -2.87. The topological polar surface area (TPSA) is 97.2 Å². The summed E-state index contributed by atoms with van der Waals surface area (Å²) in [6.07, 6.45) is 0. The van der Waals surface area contributed by atoms with Crippen LogP contribution in [0.5, 0.6) is 11.5 Å². The molecule has 0 atom stereocenters. The molecular formula is C15H12N2O5S. The van der Waals surface area contributed by atoms with Crippen molar-refractivity contribution in [2.75, 3.05) is 6.79 Å². The molecule has 0 unspecified atom stereocenters. The predicted molar refractivity (Wildman–Crippen MR) is 83.5 cm³/mol. The van der Waals surface area contributed by atoms with Crippen molar-refractivity contribution in [3.8, 4) is 11.5 Å². The minimum Gasteiger partial charge on any atom is -0.477 e. The smallest absolute Gasteiger partial charge is 0.345 e. The van der Waals surface area contributed by atoms with Crippen LogP contribution in [0.25, 0.3) is 0 Å². The first-order valence-corrected chi connectivity index (χ1v) is 7.44. The number of benzene rings is 1. The first-order valence-electron chi connectivity index (χ1n) is 6.62. The van der Waals surface area contributed by atoms with Gasteiger partial charge in [-0.3, -0.25) is 4.79 Å². The van der Waals surface area contributed by atoms with Gasteiger partial charge >= 0.3 is 5.97 Å². The maximum Gasteiger partial charge on any atom is 0.345 e. The first-order chi connectivity index (χ1) is 11.0. The SMILES string of the molecule is C/C(=N\NC(=O)c1ccc2c(c1)OCO2)c1ccc(C(=O)O)s1. The summed E-state index contributed by atoms with van der Waals surface area (Å²) >= 11 is 1.09. The van der Waals surface area contributed by atoms with E-state index in [0.29, 0.717) is 27.7 Å². The summed E-state index contributed by atoms with van der Waals surface area (Å²) in [5.41, 5.74) is 3.36. The number of nitrogens with one attached hydrogen (secondary N) is 1. The molecule has 0 radical (unpaired) electrons. The third-order valence-electron chi connectivity index (χ3n) is 3.13. The van der Waals surface area contributed by atoms with Crippen molar-refractivity contribution < 1.29 is 24.2 Å². The van der Waals surface area contributed by atoms with Crippen LogP contribution in [0.15, 0.2) is 35.4 Å². The number of fused-ring (bicyclic) bond motifs is 1. The van der Waals surface area contributed by atoms with E-state index in [4.69, 9.17) is 14.6 Å². The molecule has 3 rings (SSSR count). The molecule has 0 spiro atoms. The molecule has 23 heavy (non-hydrogen) atoms. The van der Waals surface area contributed by atoms with Crippen molar-refractivity contribution in [2.45, 2.75) is 6.92 Å². The van der Waals surface area contributed by atoms with Crippen molar-refractivity contribution in [3.05, 3.63) is 45.6 Å². The lowest BCUT2D eigenvalue weighted by Crippen LogP contribution is -2.19. The summed E-state index contributed by atoms with van der Waals surface area (Å²) in [7, 11) is 0. The monoisotopic (exact) mass is 332 g/mol. The number of carboxylic acid groups (broad SMARTS) is 1. The normalized spacial score (nSPS) is 13.0. The van der Waals surface area contributed by atoms with E-state index in [2.05, 4.69) is 10.5 Å². The van der Waals surface area contributed by atoms with E-state index in [1.807, 2.05) is 0 Å². The van der Waals surface area contributed by atoms with Crippen molar-refractivity contribution in [1.29, 1.82) is 0 Å². The number of hydrazone groups is 1. The molecule has 8 heteroatoms. The molecule has 7 nitrogen and oxygen atoms in total. The van der Waals surface area contributed by atoms with Crippen LogP contribution in [0.2, 0.25) is 0 Å². The molecule has 2 heterocycles. The van der Waals surface area contributed by atoms with Crippen molar-refractivity contribution in [3.63, 3.8) is 0 Å². The fourth-order valence-electron chi connectivity index (χ4n) is 1.94. The number of hydrogen-bond acceptors (Lipinski definition) is 6. The maximum absolute atomic E-state index is 12.1. The third kappa shape index (κ3) is 3.16. The molecule has 0 saturated carbocycles. The van der Waals surface area contributed by atoms with Crippen molar-refractivity contribution >= 4 is 28.9 Å². The van der Waals surface area contributed by atoms with Gasteiger partial charge in [-0.25, -0.2) is 10.2 Å². The zero-order valence-electron chi connectivity index (χ0n) is 12.0. The lowest BCUT2D eigenvalue weighted by molar-refractivity contribution is 0.0702. The largest absolute Gasteiger partial charge is 0.477 e. The number of carbonyl (C=O) groups excluding carboxylic acids is 1. The Morgan fingerprint density at radius 1 is 1.17 bits per heavy atom. The van der Waals surface area contributed by atoms with E-state index in [-0.39, 0.29) is 11.7 Å². The quantitative estimate of drug-likeness (QED) is 0.661. The average Bonchev–Trinajstić information content (AvgIpc) is 3.20. The minimum atomic E-state index is -0.988. The lowest BCUT2D eigenvalue weighted by atomic mass is 10.2. The van der Waals surface area contributed by atoms with Gasteiger partial charge in [-0.2, -0.15) is 5.10 Å². The highest BCUT2D eigenvalue weighted by Crippen LogP contribution is 2.32. The molecule has 0 fully saturated rings. The minimum absolute atomic E-state index is 0.141. The fraction of sp³-hybridized carbons (Fsp3) is 0.133. The fourth-order valence-corrected chi connectivity index (χ4v) is 2.73. The van der Waals surface area contributed by atoms with Crippen LogP contribution in [-0.4, -0.2) is 29.5 Å². The van der Waals surface area contributed by atoms with Crippen LogP contribution in [-0.2, 0) is 0 Å². The van der Waals surface area contributed by atoms with E-state index in [1.165, 1.54) is 6.07 Å². The molecule has 118 valence electrons. The Morgan fingerprint density at radius 2 is 1.91 bits per heavy atom. The van der Waals surface area contributed by atoms with Crippen LogP contribution in [0, 0.1) is 0 Å². The molecule has 1 aromatic heterocycles. The summed E-state index contributed by atoms with van der Waals surface area (Å²) in [4.78, 5) is 23.8. The average molecular weight is 332 g/mol. The maximum atomic E-state index is 12.1. The second-order valence-electron chi connectivity index (χ2n) is 4.68. The van der Waals surface area contributed by atoms with Crippen molar-refractivity contribution in [1.82, 2.24) is 5.43 Å². The highest BCUT2D eigenvalue weighted by molar-refractivity contribution is 7.15. The van der Waals surface area contributed by atoms with Crippen molar-refractivity contribution in [2.24, 2.45) is 5.10 Å². The molecule has 0 bridgehead atoms. The van der Waals surface area contributed by atoms with E-state index in [1.54, 1.807) is 31.2 Å². The molecule has 1 aliphatic heterocycles. The number of carboxylic acids is 1. The Kier molecular flexibility index (Phi) is 3.98.